The van der Waals surface area contributed by atoms with Crippen LogP contribution in [-0.4, -0.2) is 15.0 Å². The van der Waals surface area contributed by atoms with E-state index in [0.29, 0.717) is 17.5 Å². The van der Waals surface area contributed by atoms with E-state index in [9.17, 15) is 0 Å². The summed E-state index contributed by atoms with van der Waals surface area (Å²) < 4.78 is 0. The van der Waals surface area contributed by atoms with Crippen LogP contribution in [0.5, 0.6) is 0 Å². The molecule has 0 radical (unpaired) electrons. The van der Waals surface area contributed by atoms with Crippen LogP contribution in [0.3, 0.4) is 0 Å². The molecule has 0 unspecified atom stereocenters. The van der Waals surface area contributed by atoms with Crippen molar-refractivity contribution in [1.82, 2.24) is 15.0 Å². The van der Waals surface area contributed by atoms with Crippen LogP contribution in [0.4, 0.5) is 0 Å². The van der Waals surface area contributed by atoms with Crippen molar-refractivity contribution in [3.8, 4) is 56.4 Å². The Labute approximate surface area is 318 Å². The van der Waals surface area contributed by atoms with Crippen molar-refractivity contribution in [1.29, 1.82) is 0 Å². The van der Waals surface area contributed by atoms with E-state index in [0.717, 1.165) is 27.6 Å². The van der Waals surface area contributed by atoms with E-state index < -0.39 is 5.41 Å². The van der Waals surface area contributed by atoms with Crippen LogP contribution in [0.2, 0.25) is 0 Å². The molecule has 1 aromatic heterocycles. The Balaban J connectivity index is 1.08. The smallest absolute Gasteiger partial charge is 0.164 e. The van der Waals surface area contributed by atoms with E-state index in [2.05, 4.69) is 164 Å². The highest BCUT2D eigenvalue weighted by atomic mass is 32.2. The van der Waals surface area contributed by atoms with Crippen LogP contribution in [0.25, 0.3) is 67.2 Å². The van der Waals surface area contributed by atoms with Gasteiger partial charge in [0.15, 0.2) is 17.5 Å². The van der Waals surface area contributed by atoms with Gasteiger partial charge in [0.1, 0.15) is 0 Å². The molecular weight excluding hydrogens is 675 g/mol. The van der Waals surface area contributed by atoms with Gasteiger partial charge in [-0.15, -0.1) is 0 Å². The first-order chi connectivity index (χ1) is 26.8. The zero-order valence-corrected chi connectivity index (χ0v) is 30.0. The number of hydrogen-bond acceptors (Lipinski definition) is 4. The number of benzene rings is 8. The Morgan fingerprint density at radius 1 is 0.352 bits per heavy atom. The summed E-state index contributed by atoms with van der Waals surface area (Å²) in [7, 11) is 0. The van der Waals surface area contributed by atoms with Crippen molar-refractivity contribution >= 4 is 22.5 Å². The summed E-state index contributed by atoms with van der Waals surface area (Å²) in [6.45, 7) is 0. The molecule has 2 heterocycles. The molecule has 9 aromatic rings. The third-order valence-corrected chi connectivity index (χ3v) is 12.2. The molecule has 252 valence electrons. The van der Waals surface area contributed by atoms with Gasteiger partial charge in [0.25, 0.3) is 0 Å². The standard InChI is InChI=1S/C50H31N3S/c1-3-13-32(14-4-1)33-23-25-35(26-24-33)48-51-47(34-15-5-2-6-16-34)52-49(53-48)37-27-29-38-36(31-37)28-30-44-46(38)54-45-22-12-11-21-43(45)50(44)41-19-9-7-17-39(41)40-18-8-10-20-42(40)50/h1-31H. The molecule has 54 heavy (non-hydrogen) atoms. The molecule has 2 aliphatic rings. The minimum atomic E-state index is -0.402. The van der Waals surface area contributed by atoms with Gasteiger partial charge in [0.2, 0.25) is 0 Å². The van der Waals surface area contributed by atoms with Crippen LogP contribution < -0.4 is 0 Å². The zero-order chi connectivity index (χ0) is 35.6. The highest BCUT2D eigenvalue weighted by Crippen LogP contribution is 2.62. The molecule has 0 saturated heterocycles. The molecule has 0 N–H and O–H groups in total. The Morgan fingerprint density at radius 2 is 0.833 bits per heavy atom. The van der Waals surface area contributed by atoms with Gasteiger partial charge in [0, 0.05) is 26.5 Å². The summed E-state index contributed by atoms with van der Waals surface area (Å²) in [6.07, 6.45) is 0. The maximum absolute atomic E-state index is 5.11. The predicted octanol–water partition coefficient (Wildman–Crippen LogP) is 12.5. The van der Waals surface area contributed by atoms with E-state index in [1.807, 2.05) is 36.0 Å². The van der Waals surface area contributed by atoms with E-state index >= 15 is 0 Å². The average molecular weight is 706 g/mol. The Kier molecular flexibility index (Phi) is 7.01. The van der Waals surface area contributed by atoms with Gasteiger partial charge in [-0.05, 0) is 67.4 Å². The van der Waals surface area contributed by atoms with Gasteiger partial charge >= 0.3 is 0 Å². The number of fused-ring (bicyclic) bond motifs is 11. The van der Waals surface area contributed by atoms with Crippen LogP contribution in [0, 0.1) is 0 Å². The van der Waals surface area contributed by atoms with Gasteiger partial charge in [0.05, 0.1) is 5.41 Å². The SMILES string of the molecule is c1ccc(-c2ccc(-c3nc(-c4ccccc4)nc(-c4ccc5c6c(ccc5c4)C4(c5ccccc5S6)c5ccccc5-c5ccccc54)n3)cc2)cc1. The Morgan fingerprint density at radius 3 is 1.50 bits per heavy atom. The van der Waals surface area contributed by atoms with Crippen molar-refractivity contribution in [2.75, 3.05) is 0 Å². The van der Waals surface area contributed by atoms with Crippen LogP contribution in [0.15, 0.2) is 198 Å². The molecule has 8 aromatic carbocycles. The summed E-state index contributed by atoms with van der Waals surface area (Å²) in [5, 5.41) is 2.38. The minimum absolute atomic E-state index is 0.402. The molecule has 0 fully saturated rings. The highest BCUT2D eigenvalue weighted by molar-refractivity contribution is 7.99. The summed E-state index contributed by atoms with van der Waals surface area (Å²) in [5.41, 5.74) is 12.8. The average Bonchev–Trinajstić information content (AvgIpc) is 3.54. The largest absolute Gasteiger partial charge is 0.208 e. The summed E-state index contributed by atoms with van der Waals surface area (Å²) >= 11 is 1.88. The molecule has 1 spiro atoms. The first-order valence-corrected chi connectivity index (χ1v) is 19.1. The van der Waals surface area contributed by atoms with Crippen molar-refractivity contribution in [2.24, 2.45) is 0 Å². The molecule has 0 atom stereocenters. The number of rotatable bonds is 4. The van der Waals surface area contributed by atoms with E-state index in [1.54, 1.807) is 0 Å². The monoisotopic (exact) mass is 705 g/mol. The molecule has 0 amide bonds. The molecule has 1 aliphatic heterocycles. The molecule has 1 aliphatic carbocycles. The molecule has 0 bridgehead atoms. The molecule has 3 nitrogen and oxygen atoms in total. The van der Waals surface area contributed by atoms with Crippen LogP contribution >= 0.6 is 11.8 Å². The number of nitrogens with zero attached hydrogens (tertiary/aromatic N) is 3. The molecular formula is C50H31N3S. The van der Waals surface area contributed by atoms with Gasteiger partial charge in [-0.2, -0.15) is 0 Å². The van der Waals surface area contributed by atoms with Crippen molar-refractivity contribution < 1.29 is 0 Å². The predicted molar refractivity (Wildman–Crippen MR) is 221 cm³/mol. The second-order valence-corrected chi connectivity index (χ2v) is 15.0. The maximum atomic E-state index is 5.11. The van der Waals surface area contributed by atoms with Crippen molar-refractivity contribution in [2.45, 2.75) is 15.2 Å². The first-order valence-electron chi connectivity index (χ1n) is 18.3. The fraction of sp³-hybridized carbons (Fsp3) is 0.0200. The third kappa shape index (κ3) is 4.67. The fourth-order valence-electron chi connectivity index (χ4n) is 8.57. The van der Waals surface area contributed by atoms with E-state index in [1.165, 1.54) is 54.1 Å². The number of hydrogen-bond donors (Lipinski definition) is 0. The van der Waals surface area contributed by atoms with Crippen molar-refractivity contribution in [3.05, 3.63) is 210 Å². The summed E-state index contributed by atoms with van der Waals surface area (Å²) in [4.78, 5) is 17.8. The third-order valence-electron chi connectivity index (χ3n) is 11.0. The molecule has 11 rings (SSSR count). The van der Waals surface area contributed by atoms with Gasteiger partial charge in [-0.25, -0.2) is 15.0 Å². The molecule has 0 saturated carbocycles. The minimum Gasteiger partial charge on any atom is -0.208 e. The molecule has 4 heteroatoms. The van der Waals surface area contributed by atoms with Gasteiger partial charge in [-0.3, -0.25) is 0 Å². The first kappa shape index (κ1) is 31.0. The summed E-state index contributed by atoms with van der Waals surface area (Å²) in [6, 6.07) is 67.3. The van der Waals surface area contributed by atoms with E-state index in [-0.39, 0.29) is 0 Å². The zero-order valence-electron chi connectivity index (χ0n) is 29.1. The quantitative estimate of drug-likeness (QED) is 0.183. The second kappa shape index (κ2) is 12.2. The van der Waals surface area contributed by atoms with Gasteiger partial charge < -0.3 is 0 Å². The van der Waals surface area contributed by atoms with Crippen molar-refractivity contribution in [3.63, 3.8) is 0 Å². The lowest BCUT2D eigenvalue weighted by atomic mass is 9.67. The lowest BCUT2D eigenvalue weighted by Crippen LogP contribution is -2.32. The Hall–Kier alpha value is -6.62. The lowest BCUT2D eigenvalue weighted by Gasteiger charge is -2.40. The Bertz CT molecular complexity index is 2860. The topological polar surface area (TPSA) is 38.7 Å². The fourth-order valence-corrected chi connectivity index (χ4v) is 9.90. The van der Waals surface area contributed by atoms with Gasteiger partial charge in [-0.1, -0.05) is 188 Å². The highest BCUT2D eigenvalue weighted by Gasteiger charge is 2.50. The second-order valence-electron chi connectivity index (χ2n) is 13.9. The van der Waals surface area contributed by atoms with Crippen LogP contribution in [-0.2, 0) is 5.41 Å². The lowest BCUT2D eigenvalue weighted by molar-refractivity contribution is 0.726. The van der Waals surface area contributed by atoms with Crippen LogP contribution in [0.1, 0.15) is 22.3 Å². The maximum Gasteiger partial charge on any atom is 0.164 e. The normalized spacial score (nSPS) is 13.3. The summed E-state index contributed by atoms with van der Waals surface area (Å²) in [5.74, 6) is 1.95. The van der Waals surface area contributed by atoms with E-state index in [4.69, 9.17) is 15.0 Å². The number of aromatic nitrogens is 3.